The number of nitrogens with two attached hydrogens (primary N) is 1. The first-order valence-electron chi connectivity index (χ1n) is 13.1. The van der Waals surface area contributed by atoms with Gasteiger partial charge in [0.15, 0.2) is 12.5 Å². The van der Waals surface area contributed by atoms with Crippen molar-refractivity contribution >= 4 is 35.0 Å². The molecule has 0 aliphatic carbocycles. The highest BCUT2D eigenvalue weighted by Gasteiger charge is 2.28. The van der Waals surface area contributed by atoms with Gasteiger partial charge in [0.2, 0.25) is 5.91 Å². The van der Waals surface area contributed by atoms with Gasteiger partial charge in [0.05, 0.1) is 10.6 Å². The van der Waals surface area contributed by atoms with Crippen molar-refractivity contribution in [3.8, 4) is 5.75 Å². The van der Waals surface area contributed by atoms with Crippen LogP contribution in [0.25, 0.3) is 0 Å². The largest absolute Gasteiger partial charge is 0.467 e. The summed E-state index contributed by atoms with van der Waals surface area (Å²) in [6.45, 7) is 4.18. The first kappa shape index (κ1) is 33.7. The molecule has 5 N–H and O–H groups in total. The highest BCUT2D eigenvalue weighted by Crippen LogP contribution is 2.27. The summed E-state index contributed by atoms with van der Waals surface area (Å²) in [5.74, 6) is -2.04. The van der Waals surface area contributed by atoms with E-state index in [1.165, 1.54) is 18.5 Å². The molecule has 0 saturated carbocycles. The lowest BCUT2D eigenvalue weighted by Gasteiger charge is -2.25. The van der Waals surface area contributed by atoms with Gasteiger partial charge in [-0.2, -0.15) is 0 Å². The lowest BCUT2D eigenvalue weighted by Crippen LogP contribution is -2.83. The molecule has 0 bridgehead atoms. The maximum Gasteiger partial charge on any atom is 0.365 e. The fourth-order valence-corrected chi connectivity index (χ4v) is 3.98. The minimum atomic E-state index is -0.735. The number of halogens is 2. The molecule has 0 saturated heterocycles. The molecular formula is C29H40ClFN5O5+. The molecule has 0 aliphatic heterocycles. The molecule has 0 radical (unpaired) electrons. The van der Waals surface area contributed by atoms with Gasteiger partial charge in [-0.05, 0) is 37.7 Å². The van der Waals surface area contributed by atoms with Crippen molar-refractivity contribution in [2.45, 2.75) is 26.7 Å². The predicted molar refractivity (Wildman–Crippen MR) is 155 cm³/mol. The number of rotatable bonds is 15. The van der Waals surface area contributed by atoms with Crippen LogP contribution in [-0.2, 0) is 14.3 Å². The monoisotopic (exact) mass is 592 g/mol. The van der Waals surface area contributed by atoms with Crippen LogP contribution in [0.3, 0.4) is 0 Å². The fraction of sp³-hybridized carbons (Fsp3) is 0.414. The molecule has 3 amide bonds. The molecule has 0 atom stereocenters. The topological polar surface area (TPSA) is 126 Å². The third-order valence-corrected chi connectivity index (χ3v) is 6.28. The van der Waals surface area contributed by atoms with Crippen LogP contribution < -0.4 is 26.0 Å². The van der Waals surface area contributed by atoms with Crippen LogP contribution in [0.2, 0.25) is 5.02 Å². The Labute approximate surface area is 245 Å². The zero-order valence-corrected chi connectivity index (χ0v) is 25.2. The van der Waals surface area contributed by atoms with E-state index in [1.54, 1.807) is 20.9 Å². The average Bonchev–Trinajstić information content (AvgIpc) is 2.91. The molecule has 224 valence electrons. The SMILES string of the molecule is CN/C(CCN(C)C)=C(/NC(=O)CC(C)(C)CNC(=O)c1cc(Cl)c(F)cc1OCOC)C(=O)[NH2+]c1ccccc1. The Morgan fingerprint density at radius 3 is 2.41 bits per heavy atom. The third-order valence-electron chi connectivity index (χ3n) is 5.99. The van der Waals surface area contributed by atoms with Crippen molar-refractivity contribution in [1.82, 2.24) is 20.9 Å². The lowest BCUT2D eigenvalue weighted by atomic mass is 9.88. The van der Waals surface area contributed by atoms with Gasteiger partial charge >= 0.3 is 5.91 Å². The molecule has 2 aromatic rings. The summed E-state index contributed by atoms with van der Waals surface area (Å²) in [5, 5.41) is 9.87. The fourth-order valence-electron chi connectivity index (χ4n) is 3.81. The van der Waals surface area contributed by atoms with Crippen molar-refractivity contribution in [2.75, 3.05) is 48.1 Å². The molecule has 0 fully saturated rings. The summed E-state index contributed by atoms with van der Waals surface area (Å²) < 4.78 is 24.1. The molecule has 0 heterocycles. The van der Waals surface area contributed by atoms with E-state index in [9.17, 15) is 18.8 Å². The zero-order chi connectivity index (χ0) is 30.6. The Kier molecular flexibility index (Phi) is 13.2. The highest BCUT2D eigenvalue weighted by molar-refractivity contribution is 6.31. The summed E-state index contributed by atoms with van der Waals surface area (Å²) >= 11 is 5.89. The highest BCUT2D eigenvalue weighted by atomic mass is 35.5. The second-order valence-electron chi connectivity index (χ2n) is 10.5. The van der Waals surface area contributed by atoms with E-state index in [1.807, 2.05) is 49.3 Å². The number of hydrogen-bond acceptors (Lipinski definition) is 7. The number of carbonyl (C=O) groups excluding carboxylic acids is 3. The Morgan fingerprint density at radius 2 is 1.80 bits per heavy atom. The Hall–Kier alpha value is -3.51. The molecule has 0 aromatic heterocycles. The van der Waals surface area contributed by atoms with Crippen molar-refractivity contribution in [3.63, 3.8) is 0 Å². The minimum Gasteiger partial charge on any atom is -0.467 e. The minimum absolute atomic E-state index is 0.00270. The van der Waals surface area contributed by atoms with E-state index in [2.05, 4.69) is 16.0 Å². The quantitative estimate of drug-likeness (QED) is 0.142. The van der Waals surface area contributed by atoms with Crippen LogP contribution in [0.5, 0.6) is 5.75 Å². The smallest absolute Gasteiger partial charge is 0.365 e. The number of primary amides is 1. The van der Waals surface area contributed by atoms with Gasteiger partial charge in [0, 0.05) is 51.9 Å². The number of benzene rings is 2. The first-order chi connectivity index (χ1) is 19.4. The number of nitrogens with one attached hydrogen (secondary N) is 3. The van der Waals surface area contributed by atoms with Gasteiger partial charge in [-0.25, -0.2) is 14.5 Å². The second kappa shape index (κ2) is 16.1. The first-order valence-corrected chi connectivity index (χ1v) is 13.4. The van der Waals surface area contributed by atoms with Gasteiger partial charge in [-0.3, -0.25) is 9.59 Å². The molecule has 0 spiro atoms. The van der Waals surface area contributed by atoms with Crippen LogP contribution in [0.1, 0.15) is 37.0 Å². The summed E-state index contributed by atoms with van der Waals surface area (Å²) in [5.41, 5.74) is 0.805. The van der Waals surface area contributed by atoms with E-state index >= 15 is 0 Å². The Bertz CT molecular complexity index is 1240. The number of para-hydroxylation sites is 1. The summed E-state index contributed by atoms with van der Waals surface area (Å²) in [4.78, 5) is 41.4. The van der Waals surface area contributed by atoms with Crippen molar-refractivity contribution < 1.29 is 33.6 Å². The van der Waals surface area contributed by atoms with E-state index in [0.717, 1.165) is 6.07 Å². The molecule has 2 rings (SSSR count). The van der Waals surface area contributed by atoms with Gasteiger partial charge in [-0.15, -0.1) is 0 Å². The molecule has 2 aromatic carbocycles. The number of ether oxygens (including phenoxy) is 2. The van der Waals surface area contributed by atoms with Gasteiger partial charge < -0.3 is 30.3 Å². The molecule has 0 aliphatic rings. The summed E-state index contributed by atoms with van der Waals surface area (Å²) in [6, 6.07) is 11.3. The molecular weight excluding hydrogens is 553 g/mol. The van der Waals surface area contributed by atoms with Crippen LogP contribution in [0, 0.1) is 11.2 Å². The average molecular weight is 593 g/mol. The van der Waals surface area contributed by atoms with Crippen molar-refractivity contribution in [2.24, 2.45) is 5.41 Å². The number of carbonyl (C=O) groups is 3. The lowest BCUT2D eigenvalue weighted by molar-refractivity contribution is -0.479. The maximum absolute atomic E-state index is 14.0. The van der Waals surface area contributed by atoms with E-state index < -0.39 is 17.1 Å². The van der Waals surface area contributed by atoms with E-state index in [-0.39, 0.29) is 53.6 Å². The van der Waals surface area contributed by atoms with Crippen LogP contribution >= 0.6 is 11.6 Å². The van der Waals surface area contributed by atoms with E-state index in [4.69, 9.17) is 21.1 Å². The third kappa shape index (κ3) is 11.1. The summed E-state index contributed by atoms with van der Waals surface area (Å²) in [7, 11) is 6.95. The second-order valence-corrected chi connectivity index (χ2v) is 10.9. The predicted octanol–water partition coefficient (Wildman–Crippen LogP) is 2.53. The summed E-state index contributed by atoms with van der Waals surface area (Å²) in [6.07, 6.45) is 0.512. The number of quaternary nitrogens is 1. The standard InChI is InChI=1S/C29H39ClFN5O5/c1-29(2,17-33-27(38)20-14-21(30)22(31)15-24(20)41-18-40-6)16-25(37)35-26(23(32-3)12-13-36(4)5)28(39)34-19-10-8-7-9-11-19/h7-11,14-15,32H,12-13,16-18H2,1-6H3,(H,33,38)(H,34,39)(H,35,37)/p+1/b26-23+. The van der Waals surface area contributed by atoms with Crippen LogP contribution in [0.4, 0.5) is 10.1 Å². The number of amides is 3. The van der Waals surface area contributed by atoms with Crippen LogP contribution in [0.15, 0.2) is 53.9 Å². The van der Waals surface area contributed by atoms with E-state index in [0.29, 0.717) is 24.4 Å². The molecule has 0 unspecified atom stereocenters. The Morgan fingerprint density at radius 1 is 1.12 bits per heavy atom. The normalized spacial score (nSPS) is 12.0. The number of methoxy groups -OCH3 is 1. The number of nitrogens with zero attached hydrogens (tertiary/aromatic N) is 1. The molecule has 10 nitrogen and oxygen atoms in total. The Balaban J connectivity index is 2.16. The van der Waals surface area contributed by atoms with Crippen molar-refractivity contribution in [3.05, 3.63) is 70.3 Å². The van der Waals surface area contributed by atoms with Crippen LogP contribution in [-0.4, -0.2) is 70.8 Å². The molecule has 12 heteroatoms. The van der Waals surface area contributed by atoms with Gasteiger partial charge in [-0.1, -0.05) is 43.6 Å². The number of hydrogen-bond donors (Lipinski definition) is 4. The zero-order valence-electron chi connectivity index (χ0n) is 24.4. The molecule has 41 heavy (non-hydrogen) atoms. The van der Waals surface area contributed by atoms with Gasteiger partial charge in [0.1, 0.15) is 17.3 Å². The van der Waals surface area contributed by atoms with Crippen molar-refractivity contribution in [1.29, 1.82) is 0 Å². The van der Waals surface area contributed by atoms with Gasteiger partial charge in [0.25, 0.3) is 5.91 Å². The maximum atomic E-state index is 14.0.